The van der Waals surface area contributed by atoms with Crippen LogP contribution in [0.4, 0.5) is 0 Å². The van der Waals surface area contributed by atoms with Crippen LogP contribution in [0.5, 0.6) is 5.75 Å². The maximum Gasteiger partial charge on any atom is 0.223 e. The minimum Gasteiger partial charge on any atom is -0.468 e. The molecule has 0 spiro atoms. The Labute approximate surface area is 173 Å². The fourth-order valence-electron chi connectivity index (χ4n) is 4.31. The molecule has 4 rings (SSSR count). The van der Waals surface area contributed by atoms with Crippen molar-refractivity contribution in [1.29, 1.82) is 0 Å². The van der Waals surface area contributed by atoms with E-state index in [4.69, 9.17) is 9.47 Å². The molecule has 1 saturated heterocycles. The van der Waals surface area contributed by atoms with Crippen LogP contribution in [-0.4, -0.2) is 44.3 Å². The van der Waals surface area contributed by atoms with Gasteiger partial charge in [0.15, 0.2) is 6.79 Å². The standard InChI is InChI=1S/C24H30N2O3/c1-28-17-29-20-11-9-18(10-12-20)21-15-22(21)24(27)25-16-23(26-13-5-6-14-26)19-7-3-2-4-8-19/h2-4,7-12,21-23H,5-6,13-17H2,1H3,(H,25,27). The van der Waals surface area contributed by atoms with Crippen LogP contribution in [0.15, 0.2) is 54.6 Å². The van der Waals surface area contributed by atoms with Crippen LogP contribution in [0.2, 0.25) is 0 Å². The van der Waals surface area contributed by atoms with Gasteiger partial charge in [0, 0.05) is 19.6 Å². The van der Waals surface area contributed by atoms with E-state index in [2.05, 4.69) is 46.6 Å². The van der Waals surface area contributed by atoms with Crippen LogP contribution in [0.1, 0.15) is 42.3 Å². The first-order valence-corrected chi connectivity index (χ1v) is 10.5. The summed E-state index contributed by atoms with van der Waals surface area (Å²) in [5.74, 6) is 1.35. The van der Waals surface area contributed by atoms with E-state index in [1.807, 2.05) is 18.2 Å². The monoisotopic (exact) mass is 394 g/mol. The number of carbonyl (C=O) groups excluding carboxylic acids is 1. The molecule has 29 heavy (non-hydrogen) atoms. The Bertz CT molecular complexity index is 788. The third kappa shape index (κ3) is 4.98. The number of likely N-dealkylation sites (tertiary alicyclic amines) is 1. The Morgan fingerprint density at radius 2 is 1.83 bits per heavy atom. The molecule has 1 N–H and O–H groups in total. The van der Waals surface area contributed by atoms with Gasteiger partial charge in [-0.3, -0.25) is 9.69 Å². The van der Waals surface area contributed by atoms with Crippen LogP contribution in [-0.2, 0) is 9.53 Å². The van der Waals surface area contributed by atoms with Gasteiger partial charge in [0.1, 0.15) is 5.75 Å². The van der Waals surface area contributed by atoms with Crippen molar-refractivity contribution in [2.75, 3.05) is 33.5 Å². The predicted octanol–water partition coefficient (Wildman–Crippen LogP) is 3.73. The Balaban J connectivity index is 1.32. The molecule has 2 aliphatic rings. The van der Waals surface area contributed by atoms with E-state index < -0.39 is 0 Å². The van der Waals surface area contributed by atoms with Crippen molar-refractivity contribution in [3.8, 4) is 5.75 Å². The van der Waals surface area contributed by atoms with Crippen molar-refractivity contribution in [3.63, 3.8) is 0 Å². The number of ether oxygens (including phenoxy) is 2. The molecule has 2 aromatic rings. The van der Waals surface area contributed by atoms with Crippen LogP contribution in [0.25, 0.3) is 0 Å². The maximum absolute atomic E-state index is 12.8. The molecule has 3 atom stereocenters. The first-order chi connectivity index (χ1) is 14.3. The number of nitrogens with zero attached hydrogens (tertiary/aromatic N) is 1. The minimum atomic E-state index is 0.0794. The summed E-state index contributed by atoms with van der Waals surface area (Å²) in [6, 6.07) is 18.8. The molecule has 5 heteroatoms. The minimum absolute atomic E-state index is 0.0794. The van der Waals surface area contributed by atoms with E-state index in [0.29, 0.717) is 12.5 Å². The second-order valence-corrected chi connectivity index (χ2v) is 7.98. The number of nitrogens with one attached hydrogen (secondary N) is 1. The molecule has 0 bridgehead atoms. The van der Waals surface area contributed by atoms with E-state index in [1.54, 1.807) is 7.11 Å². The second kappa shape index (κ2) is 9.42. The van der Waals surface area contributed by atoms with Crippen LogP contribution >= 0.6 is 0 Å². The molecular weight excluding hydrogens is 364 g/mol. The van der Waals surface area contributed by atoms with Crippen LogP contribution in [0.3, 0.4) is 0 Å². The fraction of sp³-hybridized carbons (Fsp3) is 0.458. The highest BCUT2D eigenvalue weighted by Gasteiger charge is 2.44. The third-order valence-corrected chi connectivity index (χ3v) is 6.01. The Hall–Kier alpha value is -2.37. The molecule has 1 aliphatic heterocycles. The van der Waals surface area contributed by atoms with E-state index in [9.17, 15) is 4.79 Å². The van der Waals surface area contributed by atoms with Gasteiger partial charge >= 0.3 is 0 Å². The zero-order valence-corrected chi connectivity index (χ0v) is 17.0. The van der Waals surface area contributed by atoms with Gasteiger partial charge < -0.3 is 14.8 Å². The summed E-state index contributed by atoms with van der Waals surface area (Å²) in [5, 5.41) is 3.24. The molecule has 154 valence electrons. The number of benzene rings is 2. The lowest BCUT2D eigenvalue weighted by Gasteiger charge is -2.28. The van der Waals surface area contributed by atoms with Crippen molar-refractivity contribution in [2.24, 2.45) is 5.92 Å². The van der Waals surface area contributed by atoms with E-state index in [1.165, 1.54) is 24.0 Å². The lowest BCUT2D eigenvalue weighted by molar-refractivity contribution is -0.122. The number of hydrogen-bond acceptors (Lipinski definition) is 4. The molecule has 1 aliphatic carbocycles. The molecule has 1 saturated carbocycles. The fourth-order valence-corrected chi connectivity index (χ4v) is 4.31. The van der Waals surface area contributed by atoms with Crippen molar-refractivity contribution in [1.82, 2.24) is 10.2 Å². The number of hydrogen-bond donors (Lipinski definition) is 1. The zero-order chi connectivity index (χ0) is 20.1. The lowest BCUT2D eigenvalue weighted by atomic mass is 10.1. The van der Waals surface area contributed by atoms with Gasteiger partial charge in [-0.1, -0.05) is 42.5 Å². The van der Waals surface area contributed by atoms with Crippen molar-refractivity contribution < 1.29 is 14.3 Å². The highest BCUT2D eigenvalue weighted by Crippen LogP contribution is 2.47. The summed E-state index contributed by atoms with van der Waals surface area (Å²) in [5.41, 5.74) is 2.49. The molecule has 2 aromatic carbocycles. The molecule has 1 amide bonds. The molecule has 5 nitrogen and oxygen atoms in total. The first kappa shape index (κ1) is 19.9. The molecule has 1 heterocycles. The van der Waals surface area contributed by atoms with Gasteiger partial charge in [0.25, 0.3) is 0 Å². The Morgan fingerprint density at radius 3 is 2.52 bits per heavy atom. The molecule has 3 unspecified atom stereocenters. The van der Waals surface area contributed by atoms with Gasteiger partial charge in [0.2, 0.25) is 5.91 Å². The van der Waals surface area contributed by atoms with Gasteiger partial charge in [0.05, 0.1) is 6.04 Å². The second-order valence-electron chi connectivity index (χ2n) is 7.98. The Kier molecular flexibility index (Phi) is 6.47. The largest absolute Gasteiger partial charge is 0.468 e. The maximum atomic E-state index is 12.8. The third-order valence-electron chi connectivity index (χ3n) is 6.01. The average Bonchev–Trinajstić information content (AvgIpc) is 3.39. The Morgan fingerprint density at radius 1 is 1.10 bits per heavy atom. The quantitative estimate of drug-likeness (QED) is 0.659. The van der Waals surface area contributed by atoms with Crippen molar-refractivity contribution >= 4 is 5.91 Å². The number of amides is 1. The lowest BCUT2D eigenvalue weighted by Crippen LogP contribution is -2.37. The summed E-state index contributed by atoms with van der Waals surface area (Å²) < 4.78 is 10.4. The molecule has 0 radical (unpaired) electrons. The summed E-state index contributed by atoms with van der Waals surface area (Å²) in [4.78, 5) is 15.3. The highest BCUT2D eigenvalue weighted by molar-refractivity contribution is 5.83. The van der Waals surface area contributed by atoms with Crippen molar-refractivity contribution in [2.45, 2.75) is 31.2 Å². The van der Waals surface area contributed by atoms with Gasteiger partial charge in [-0.25, -0.2) is 0 Å². The van der Waals surface area contributed by atoms with Crippen molar-refractivity contribution in [3.05, 3.63) is 65.7 Å². The average molecular weight is 395 g/mol. The SMILES string of the molecule is COCOc1ccc(C2CC2C(=O)NCC(c2ccccc2)N2CCCC2)cc1. The van der Waals surface area contributed by atoms with Crippen LogP contribution in [0, 0.1) is 5.92 Å². The zero-order valence-electron chi connectivity index (χ0n) is 17.0. The van der Waals surface area contributed by atoms with E-state index in [-0.39, 0.29) is 24.7 Å². The summed E-state index contributed by atoms with van der Waals surface area (Å²) in [7, 11) is 1.61. The van der Waals surface area contributed by atoms with Crippen LogP contribution < -0.4 is 10.1 Å². The van der Waals surface area contributed by atoms with E-state index in [0.717, 1.165) is 25.3 Å². The molecule has 2 fully saturated rings. The summed E-state index contributed by atoms with van der Waals surface area (Å²) in [6.07, 6.45) is 3.40. The van der Waals surface area contributed by atoms with Gasteiger partial charge in [-0.15, -0.1) is 0 Å². The smallest absolute Gasteiger partial charge is 0.223 e. The van der Waals surface area contributed by atoms with Gasteiger partial charge in [-0.05, 0) is 61.5 Å². The predicted molar refractivity (Wildman–Crippen MR) is 113 cm³/mol. The van der Waals surface area contributed by atoms with Gasteiger partial charge in [-0.2, -0.15) is 0 Å². The number of methoxy groups -OCH3 is 1. The topological polar surface area (TPSA) is 50.8 Å². The first-order valence-electron chi connectivity index (χ1n) is 10.5. The highest BCUT2D eigenvalue weighted by atomic mass is 16.7. The molecule has 0 aromatic heterocycles. The normalized spacial score (nSPS) is 22.2. The summed E-state index contributed by atoms with van der Waals surface area (Å²) >= 11 is 0. The summed E-state index contributed by atoms with van der Waals surface area (Å²) in [6.45, 7) is 3.14. The molecular formula is C24H30N2O3. The number of rotatable bonds is 9. The van der Waals surface area contributed by atoms with E-state index >= 15 is 0 Å². The number of carbonyl (C=O) groups is 1.